The number of rotatable bonds is 4. The molecule has 0 unspecified atom stereocenters. The molecule has 6 nitrogen and oxygen atoms in total. The zero-order valence-electron chi connectivity index (χ0n) is 13.5. The van der Waals surface area contributed by atoms with Gasteiger partial charge in [0.05, 0.1) is 12.7 Å². The molecular formula is C17H13F3N4O2. The number of H-pyrrole nitrogens is 1. The Morgan fingerprint density at radius 2 is 1.73 bits per heavy atom. The summed E-state index contributed by atoms with van der Waals surface area (Å²) in [6.07, 6.45) is -4.45. The molecule has 3 rings (SSSR count). The number of aromatic nitrogens is 3. The van der Waals surface area contributed by atoms with E-state index < -0.39 is 17.6 Å². The second kappa shape index (κ2) is 6.87. The quantitative estimate of drug-likeness (QED) is 0.741. The van der Waals surface area contributed by atoms with Crippen molar-refractivity contribution in [1.82, 2.24) is 15.2 Å². The molecule has 0 atom stereocenters. The van der Waals surface area contributed by atoms with Gasteiger partial charge in [-0.2, -0.15) is 18.2 Å². The van der Waals surface area contributed by atoms with E-state index >= 15 is 0 Å². The zero-order valence-corrected chi connectivity index (χ0v) is 13.5. The van der Waals surface area contributed by atoms with Crippen LogP contribution in [0.5, 0.6) is 5.75 Å². The highest BCUT2D eigenvalue weighted by Gasteiger charge is 2.30. The zero-order chi connectivity index (χ0) is 18.7. The van der Waals surface area contributed by atoms with Gasteiger partial charge in [-0.05, 0) is 48.5 Å². The summed E-state index contributed by atoms with van der Waals surface area (Å²) in [4.78, 5) is 16.2. The first-order chi connectivity index (χ1) is 12.4. The van der Waals surface area contributed by atoms with E-state index in [2.05, 4.69) is 20.5 Å². The lowest BCUT2D eigenvalue weighted by Crippen LogP contribution is -2.13. The van der Waals surface area contributed by atoms with Gasteiger partial charge in [-0.15, -0.1) is 5.10 Å². The van der Waals surface area contributed by atoms with Gasteiger partial charge in [-0.25, -0.2) is 0 Å². The van der Waals surface area contributed by atoms with Gasteiger partial charge < -0.3 is 4.74 Å². The summed E-state index contributed by atoms with van der Waals surface area (Å²) in [6.45, 7) is 0. The van der Waals surface area contributed by atoms with Crippen LogP contribution in [0.2, 0.25) is 0 Å². The van der Waals surface area contributed by atoms with E-state index in [1.807, 2.05) is 0 Å². The van der Waals surface area contributed by atoms with Crippen LogP contribution < -0.4 is 10.1 Å². The lowest BCUT2D eigenvalue weighted by Gasteiger charge is -2.07. The van der Waals surface area contributed by atoms with Crippen molar-refractivity contribution in [2.75, 3.05) is 12.4 Å². The number of hydrogen-bond acceptors (Lipinski definition) is 4. The number of hydrogen-bond donors (Lipinski definition) is 2. The van der Waals surface area contributed by atoms with E-state index in [0.717, 1.165) is 29.8 Å². The van der Waals surface area contributed by atoms with Crippen LogP contribution in [-0.2, 0) is 6.18 Å². The molecular weight excluding hydrogens is 349 g/mol. The highest BCUT2D eigenvalue weighted by molar-refractivity contribution is 6.03. The normalized spacial score (nSPS) is 11.2. The topological polar surface area (TPSA) is 79.9 Å². The predicted molar refractivity (Wildman–Crippen MR) is 87.8 cm³/mol. The van der Waals surface area contributed by atoms with Crippen LogP contribution in [0.4, 0.5) is 19.1 Å². The number of alkyl halides is 3. The minimum absolute atomic E-state index is 0.0146. The highest BCUT2D eigenvalue weighted by Crippen LogP contribution is 2.29. The number of anilines is 1. The summed E-state index contributed by atoms with van der Waals surface area (Å²) in [5.41, 5.74) is -0.0316. The lowest BCUT2D eigenvalue weighted by molar-refractivity contribution is -0.137. The molecule has 3 aromatic rings. The van der Waals surface area contributed by atoms with E-state index in [4.69, 9.17) is 4.74 Å². The number of ether oxygens (including phenoxy) is 1. The summed E-state index contributed by atoms with van der Waals surface area (Å²) in [5, 5.41) is 8.99. The summed E-state index contributed by atoms with van der Waals surface area (Å²) in [6, 6.07) is 10.9. The monoisotopic (exact) mass is 362 g/mol. The molecule has 1 amide bonds. The van der Waals surface area contributed by atoms with Crippen molar-refractivity contribution in [3.63, 3.8) is 0 Å². The van der Waals surface area contributed by atoms with Crippen LogP contribution in [0.3, 0.4) is 0 Å². The van der Waals surface area contributed by atoms with Crippen LogP contribution in [0.15, 0.2) is 48.5 Å². The maximum Gasteiger partial charge on any atom is 0.416 e. The fraction of sp³-hybridized carbons (Fsp3) is 0.118. The Morgan fingerprint density at radius 3 is 2.31 bits per heavy atom. The first-order valence-electron chi connectivity index (χ1n) is 7.42. The predicted octanol–water partition coefficient (Wildman–Crippen LogP) is 3.75. The third-order valence-electron chi connectivity index (χ3n) is 3.55. The van der Waals surface area contributed by atoms with Crippen LogP contribution >= 0.6 is 0 Å². The second-order valence-electron chi connectivity index (χ2n) is 5.27. The van der Waals surface area contributed by atoms with Crippen LogP contribution in [0.25, 0.3) is 11.4 Å². The molecule has 0 saturated heterocycles. The third-order valence-corrected chi connectivity index (χ3v) is 3.55. The Bertz CT molecular complexity index is 903. The van der Waals surface area contributed by atoms with Crippen molar-refractivity contribution in [2.24, 2.45) is 0 Å². The molecule has 1 aromatic heterocycles. The number of benzene rings is 2. The third kappa shape index (κ3) is 3.82. The smallest absolute Gasteiger partial charge is 0.416 e. The van der Waals surface area contributed by atoms with E-state index in [1.54, 1.807) is 31.4 Å². The van der Waals surface area contributed by atoms with Crippen molar-refractivity contribution >= 4 is 11.9 Å². The number of halogens is 3. The molecule has 0 aliphatic carbocycles. The molecule has 2 N–H and O–H groups in total. The average Bonchev–Trinajstić information content (AvgIpc) is 3.09. The number of carbonyl (C=O) groups is 1. The van der Waals surface area contributed by atoms with E-state index in [0.29, 0.717) is 11.6 Å². The van der Waals surface area contributed by atoms with Gasteiger partial charge in [0.1, 0.15) is 5.75 Å². The lowest BCUT2D eigenvalue weighted by atomic mass is 10.1. The molecule has 0 spiro atoms. The van der Waals surface area contributed by atoms with Crippen molar-refractivity contribution in [3.05, 3.63) is 59.7 Å². The Morgan fingerprint density at radius 1 is 1.08 bits per heavy atom. The minimum Gasteiger partial charge on any atom is -0.497 e. The molecule has 0 aliphatic heterocycles. The van der Waals surface area contributed by atoms with Crippen LogP contribution in [0, 0.1) is 0 Å². The number of nitrogens with one attached hydrogen (secondary N) is 2. The molecule has 26 heavy (non-hydrogen) atoms. The Kier molecular flexibility index (Phi) is 4.61. The number of methoxy groups -OCH3 is 1. The number of nitrogens with zero attached hydrogens (tertiary/aromatic N) is 2. The summed E-state index contributed by atoms with van der Waals surface area (Å²) >= 11 is 0. The van der Waals surface area contributed by atoms with E-state index in [-0.39, 0.29) is 11.5 Å². The molecule has 0 fully saturated rings. The fourth-order valence-corrected chi connectivity index (χ4v) is 2.18. The minimum atomic E-state index is -4.45. The van der Waals surface area contributed by atoms with Crippen molar-refractivity contribution in [1.29, 1.82) is 0 Å². The number of aromatic amines is 1. The van der Waals surface area contributed by atoms with Crippen LogP contribution in [0.1, 0.15) is 15.9 Å². The summed E-state index contributed by atoms with van der Waals surface area (Å²) in [7, 11) is 1.55. The van der Waals surface area contributed by atoms with Crippen LogP contribution in [-0.4, -0.2) is 28.2 Å². The van der Waals surface area contributed by atoms with E-state index in [9.17, 15) is 18.0 Å². The molecule has 1 heterocycles. The summed E-state index contributed by atoms with van der Waals surface area (Å²) < 4.78 is 42.7. The van der Waals surface area contributed by atoms with E-state index in [1.165, 1.54) is 0 Å². The maximum absolute atomic E-state index is 12.5. The molecule has 0 saturated carbocycles. The van der Waals surface area contributed by atoms with Gasteiger partial charge in [0.15, 0.2) is 5.82 Å². The molecule has 2 aromatic carbocycles. The Hall–Kier alpha value is -3.36. The van der Waals surface area contributed by atoms with Gasteiger partial charge in [-0.3, -0.25) is 15.2 Å². The Labute approximate surface area is 146 Å². The average molecular weight is 362 g/mol. The molecule has 0 aliphatic rings. The number of amides is 1. The number of carbonyl (C=O) groups excluding carboxylic acids is 1. The molecule has 9 heteroatoms. The molecule has 0 radical (unpaired) electrons. The first kappa shape index (κ1) is 17.5. The second-order valence-corrected chi connectivity index (χ2v) is 5.27. The maximum atomic E-state index is 12.5. The van der Waals surface area contributed by atoms with Crippen molar-refractivity contribution in [3.8, 4) is 17.1 Å². The largest absolute Gasteiger partial charge is 0.497 e. The van der Waals surface area contributed by atoms with Gasteiger partial charge >= 0.3 is 6.18 Å². The van der Waals surface area contributed by atoms with Crippen molar-refractivity contribution in [2.45, 2.75) is 6.18 Å². The van der Waals surface area contributed by atoms with Gasteiger partial charge in [0.25, 0.3) is 5.91 Å². The van der Waals surface area contributed by atoms with Crippen molar-refractivity contribution < 1.29 is 22.7 Å². The summed E-state index contributed by atoms with van der Waals surface area (Å²) in [5.74, 6) is 0.513. The highest BCUT2D eigenvalue weighted by atomic mass is 19.4. The Balaban J connectivity index is 1.71. The molecule has 134 valence electrons. The van der Waals surface area contributed by atoms with Gasteiger partial charge in [-0.1, -0.05) is 0 Å². The fourth-order valence-electron chi connectivity index (χ4n) is 2.18. The first-order valence-corrected chi connectivity index (χ1v) is 7.42. The van der Waals surface area contributed by atoms with Gasteiger partial charge in [0.2, 0.25) is 5.95 Å². The molecule has 0 bridgehead atoms. The SMILES string of the molecule is COc1ccc(-c2nc(NC(=O)c3ccc(C(F)(F)F)cc3)n[nH]2)cc1. The van der Waals surface area contributed by atoms with Gasteiger partial charge in [0, 0.05) is 11.1 Å². The standard InChI is InChI=1S/C17H13F3N4O2/c1-26-13-8-4-10(5-9-13)14-21-16(24-23-14)22-15(25)11-2-6-12(7-3-11)17(18,19)20/h2-9H,1H3,(H2,21,22,23,24,25).